The molecular formula is C51H48N2O7. The van der Waals surface area contributed by atoms with Crippen LogP contribution in [-0.2, 0) is 17.6 Å². The van der Waals surface area contributed by atoms with Gasteiger partial charge in [0.15, 0.2) is 0 Å². The Morgan fingerprint density at radius 1 is 0.600 bits per heavy atom. The van der Waals surface area contributed by atoms with Crippen LogP contribution in [-0.4, -0.2) is 81.5 Å². The number of rotatable bonds is 13. The Morgan fingerprint density at radius 2 is 1.05 bits per heavy atom. The maximum absolute atomic E-state index is 11.6. The third-order valence-corrected chi connectivity index (χ3v) is 10.9. The molecule has 1 heterocycles. The number of allylic oxidation sites excluding steroid dienone is 1. The monoisotopic (exact) mass is 800 g/mol. The van der Waals surface area contributed by atoms with Crippen molar-refractivity contribution in [3.63, 3.8) is 0 Å². The number of carbonyl (C=O) groups is 2. The lowest BCUT2D eigenvalue weighted by molar-refractivity contribution is 0.0502. The molecule has 4 N–H and O–H groups in total. The number of hydrogen-bond acceptors (Lipinski definition) is 7. The quantitative estimate of drug-likeness (QED) is 0.0901. The van der Waals surface area contributed by atoms with E-state index in [1.54, 1.807) is 48.5 Å². The van der Waals surface area contributed by atoms with Gasteiger partial charge in [0.05, 0.1) is 6.61 Å². The number of nitrogens with zero attached hydrogens (tertiary/aromatic N) is 2. The van der Waals surface area contributed by atoms with Crippen molar-refractivity contribution in [2.45, 2.75) is 18.9 Å². The average molecular weight is 801 g/mol. The minimum atomic E-state index is -1.28. The summed E-state index contributed by atoms with van der Waals surface area (Å²) in [5.74, 6) is -3.36. The Morgan fingerprint density at radius 3 is 1.53 bits per heavy atom. The molecule has 60 heavy (non-hydrogen) atoms. The van der Waals surface area contributed by atoms with Crippen LogP contribution in [0.1, 0.15) is 54.6 Å². The van der Waals surface area contributed by atoms with Gasteiger partial charge in [-0.15, -0.1) is 0 Å². The Bertz CT molecular complexity index is 2430. The number of phenols is 2. The van der Waals surface area contributed by atoms with E-state index in [0.717, 1.165) is 45.8 Å². The highest BCUT2D eigenvalue weighted by Crippen LogP contribution is 2.39. The second-order valence-electron chi connectivity index (χ2n) is 14.8. The number of aromatic hydroxyl groups is 2. The zero-order valence-corrected chi connectivity index (χ0v) is 33.2. The number of hydrogen-bond donors (Lipinski definition) is 4. The first-order chi connectivity index (χ1) is 29.3. The predicted octanol–water partition coefficient (Wildman–Crippen LogP) is 9.56. The summed E-state index contributed by atoms with van der Waals surface area (Å²) in [7, 11) is 0. The maximum Gasteiger partial charge on any atom is 0.339 e. The van der Waals surface area contributed by atoms with Gasteiger partial charge in [0.25, 0.3) is 0 Å². The first-order valence-corrected chi connectivity index (χ1v) is 20.1. The maximum atomic E-state index is 11.6. The summed E-state index contributed by atoms with van der Waals surface area (Å²) in [5, 5.41) is 42.8. The van der Waals surface area contributed by atoms with Crippen molar-refractivity contribution in [1.82, 2.24) is 9.80 Å². The fourth-order valence-corrected chi connectivity index (χ4v) is 7.71. The van der Waals surface area contributed by atoms with Crippen LogP contribution >= 0.6 is 0 Å². The molecule has 0 spiro atoms. The lowest BCUT2D eigenvalue weighted by Gasteiger charge is -2.34. The smallest absolute Gasteiger partial charge is 0.339 e. The molecule has 0 bridgehead atoms. The van der Waals surface area contributed by atoms with Crippen molar-refractivity contribution in [1.29, 1.82) is 0 Å². The second kappa shape index (κ2) is 19.7. The van der Waals surface area contributed by atoms with Crippen LogP contribution in [0.4, 0.5) is 0 Å². The molecule has 0 atom stereocenters. The summed E-state index contributed by atoms with van der Waals surface area (Å²) >= 11 is 0. The molecule has 0 amide bonds. The first-order valence-electron chi connectivity index (χ1n) is 20.1. The summed E-state index contributed by atoms with van der Waals surface area (Å²) < 4.78 is 6.39. The van der Waals surface area contributed by atoms with Gasteiger partial charge in [-0.1, -0.05) is 146 Å². The third kappa shape index (κ3) is 10.0. The molecule has 1 aliphatic rings. The summed E-state index contributed by atoms with van der Waals surface area (Å²) in [5.41, 5.74) is 3.89. The lowest BCUT2D eigenvalue weighted by atomic mass is 9.90. The lowest BCUT2D eigenvalue weighted by Crippen LogP contribution is -2.45. The van der Waals surface area contributed by atoms with Gasteiger partial charge in [-0.2, -0.15) is 0 Å². The number of fused-ring (bicyclic) bond motifs is 2. The van der Waals surface area contributed by atoms with Gasteiger partial charge in [-0.05, 0) is 63.0 Å². The SMILES string of the molecule is C(=C\N1CCN(CCOC(c2ccccc2)c2ccccc2)CC1)/Cc1ccccc1.O=C(O)c1cc2ccccc2c(Cc2c(O)c(C(=O)O)cc3ccccc23)c1O. The van der Waals surface area contributed by atoms with E-state index in [2.05, 4.69) is 113 Å². The number of aromatic carboxylic acids is 2. The van der Waals surface area contributed by atoms with Gasteiger partial charge in [0, 0.05) is 50.3 Å². The molecule has 0 radical (unpaired) electrons. The predicted molar refractivity (Wildman–Crippen MR) is 236 cm³/mol. The van der Waals surface area contributed by atoms with Gasteiger partial charge in [0.1, 0.15) is 28.7 Å². The van der Waals surface area contributed by atoms with Crippen LogP contribution < -0.4 is 0 Å². The zero-order chi connectivity index (χ0) is 41.8. The summed E-state index contributed by atoms with van der Waals surface area (Å²) in [4.78, 5) is 28.1. The van der Waals surface area contributed by atoms with E-state index < -0.39 is 23.4 Å². The van der Waals surface area contributed by atoms with Gasteiger partial charge in [0.2, 0.25) is 0 Å². The number of ether oxygens (including phenoxy) is 1. The highest BCUT2D eigenvalue weighted by atomic mass is 16.5. The topological polar surface area (TPSA) is 131 Å². The summed E-state index contributed by atoms with van der Waals surface area (Å²) in [6.07, 6.45) is 5.49. The van der Waals surface area contributed by atoms with Crippen molar-refractivity contribution < 1.29 is 34.8 Å². The Balaban J connectivity index is 0.000000182. The summed E-state index contributed by atoms with van der Waals surface area (Å²) in [6, 6.07) is 48.5. The van der Waals surface area contributed by atoms with Gasteiger partial charge < -0.3 is 30.1 Å². The van der Waals surface area contributed by atoms with Crippen LogP contribution in [0, 0.1) is 0 Å². The zero-order valence-electron chi connectivity index (χ0n) is 33.2. The molecule has 1 fully saturated rings. The number of piperazine rings is 1. The molecule has 9 heteroatoms. The van der Waals surface area contributed by atoms with Crippen molar-refractivity contribution in [3.8, 4) is 11.5 Å². The number of carboxylic acid groups (broad SMARTS) is 2. The van der Waals surface area contributed by atoms with Crippen LogP contribution in [0.2, 0.25) is 0 Å². The minimum Gasteiger partial charge on any atom is -0.507 e. The second-order valence-corrected chi connectivity index (χ2v) is 14.8. The molecule has 304 valence electrons. The Labute approximate surface area is 349 Å². The number of benzene rings is 7. The molecule has 0 unspecified atom stereocenters. The minimum absolute atomic E-state index is 0.00962. The largest absolute Gasteiger partial charge is 0.507 e. The third-order valence-electron chi connectivity index (χ3n) is 10.9. The van der Waals surface area contributed by atoms with Crippen LogP contribution in [0.25, 0.3) is 21.5 Å². The van der Waals surface area contributed by atoms with E-state index in [0.29, 0.717) is 32.7 Å². The molecule has 7 aromatic rings. The normalized spacial score (nSPS) is 13.1. The van der Waals surface area contributed by atoms with E-state index in [1.807, 2.05) is 0 Å². The number of carboxylic acids is 2. The van der Waals surface area contributed by atoms with Crippen molar-refractivity contribution in [3.05, 3.63) is 203 Å². The van der Waals surface area contributed by atoms with E-state index in [-0.39, 0.29) is 23.7 Å². The van der Waals surface area contributed by atoms with Gasteiger partial charge >= 0.3 is 11.9 Å². The highest BCUT2D eigenvalue weighted by Gasteiger charge is 2.23. The molecule has 0 saturated carbocycles. The first kappa shape index (κ1) is 41.2. The van der Waals surface area contributed by atoms with Crippen molar-refractivity contribution >= 4 is 33.5 Å². The van der Waals surface area contributed by atoms with Gasteiger partial charge in [-0.3, -0.25) is 4.90 Å². The molecule has 1 saturated heterocycles. The van der Waals surface area contributed by atoms with E-state index >= 15 is 0 Å². The van der Waals surface area contributed by atoms with Crippen molar-refractivity contribution in [2.24, 2.45) is 0 Å². The molecule has 8 rings (SSSR count). The molecule has 9 nitrogen and oxygen atoms in total. The van der Waals surface area contributed by atoms with E-state index in [1.165, 1.54) is 28.8 Å². The summed E-state index contributed by atoms with van der Waals surface area (Å²) in [6.45, 7) is 6.02. The van der Waals surface area contributed by atoms with E-state index in [9.17, 15) is 30.0 Å². The highest BCUT2D eigenvalue weighted by molar-refractivity contribution is 6.02. The van der Waals surface area contributed by atoms with Crippen LogP contribution in [0.3, 0.4) is 0 Å². The molecule has 0 aromatic heterocycles. The molecule has 0 aliphatic carbocycles. The van der Waals surface area contributed by atoms with Gasteiger partial charge in [-0.25, -0.2) is 9.59 Å². The molecular weight excluding hydrogens is 753 g/mol. The molecule has 1 aliphatic heterocycles. The Kier molecular flexibility index (Phi) is 13.5. The Hall–Kier alpha value is -6.94. The van der Waals surface area contributed by atoms with Crippen LogP contribution in [0.15, 0.2) is 164 Å². The fourth-order valence-electron chi connectivity index (χ4n) is 7.71. The average Bonchev–Trinajstić information content (AvgIpc) is 3.28. The fraction of sp³-hybridized carbons (Fsp3) is 0.176. The van der Waals surface area contributed by atoms with E-state index in [4.69, 9.17) is 4.74 Å². The standard InChI is InChI=1S/C28H32N2O.C23H16O6/c1-4-11-25(12-5-1)13-10-18-29-19-21-30(22-20-29)23-24-31-28(26-14-6-2-7-15-26)27-16-8-3-9-17-27;24-20-16(14-7-3-1-5-12(14)9-18(20)22(26)27)11-17-15-8-4-2-6-13(15)10-19(21(17)25)23(28)29/h1-12,14-18,28H,13,19-24H2;1-10,24-25H,11H2,(H,26,27)(H,28,29)/b18-10+;. The van der Waals surface area contributed by atoms with Crippen LogP contribution in [0.5, 0.6) is 11.5 Å². The molecule has 7 aromatic carbocycles. The van der Waals surface area contributed by atoms with Crippen molar-refractivity contribution in [2.75, 3.05) is 39.3 Å².